The Morgan fingerprint density at radius 1 is 0.947 bits per heavy atom. The smallest absolute Gasteiger partial charge is 0.378 e. The molecule has 2 aliphatic heterocycles. The van der Waals surface area contributed by atoms with Crippen molar-refractivity contribution >= 4 is 29.5 Å². The molecule has 0 saturated carbocycles. The Labute approximate surface area is 218 Å². The first-order valence-electron chi connectivity index (χ1n) is 12.2. The van der Waals surface area contributed by atoms with Gasteiger partial charge in [-0.05, 0) is 35.7 Å². The molecule has 1 saturated heterocycles. The fourth-order valence-corrected chi connectivity index (χ4v) is 4.43. The molecule has 38 heavy (non-hydrogen) atoms. The first kappa shape index (κ1) is 23.6. The Morgan fingerprint density at radius 2 is 1.74 bits per heavy atom. The molecule has 1 amide bonds. The van der Waals surface area contributed by atoms with Gasteiger partial charge in [0.25, 0.3) is 0 Å². The van der Waals surface area contributed by atoms with Crippen LogP contribution in [0.4, 0.5) is 28.2 Å². The van der Waals surface area contributed by atoms with Crippen molar-refractivity contribution in [2.45, 2.75) is 6.42 Å². The molecule has 3 N–H and O–H groups in total. The van der Waals surface area contributed by atoms with Gasteiger partial charge in [0, 0.05) is 54.7 Å². The fraction of sp³-hybridized carbons (Fsp3) is 0.231. The van der Waals surface area contributed by atoms with Crippen molar-refractivity contribution in [3.05, 3.63) is 66.7 Å². The van der Waals surface area contributed by atoms with Crippen molar-refractivity contribution < 1.29 is 14.4 Å². The van der Waals surface area contributed by atoms with E-state index in [1.54, 1.807) is 24.8 Å². The van der Waals surface area contributed by atoms with Gasteiger partial charge in [-0.2, -0.15) is 10.0 Å². The highest BCUT2D eigenvalue weighted by Gasteiger charge is 2.31. The van der Waals surface area contributed by atoms with Gasteiger partial charge in [0.15, 0.2) is 5.82 Å². The van der Waals surface area contributed by atoms with Crippen LogP contribution in [-0.4, -0.2) is 63.9 Å². The van der Waals surface area contributed by atoms with E-state index in [0.29, 0.717) is 68.0 Å². The van der Waals surface area contributed by atoms with E-state index in [9.17, 15) is 4.79 Å². The van der Waals surface area contributed by atoms with Crippen LogP contribution < -0.4 is 21.0 Å². The van der Waals surface area contributed by atoms with E-state index < -0.39 is 6.09 Å². The number of carbonyl (C=O) groups excluding carboxylic acids is 1. The van der Waals surface area contributed by atoms with E-state index in [4.69, 9.17) is 25.3 Å². The Hall–Kier alpha value is -4.84. The zero-order valence-corrected chi connectivity index (χ0v) is 20.4. The molecule has 5 heterocycles. The number of hydroxylamine groups is 1. The van der Waals surface area contributed by atoms with E-state index in [-0.39, 0.29) is 5.95 Å². The Kier molecular flexibility index (Phi) is 6.36. The van der Waals surface area contributed by atoms with Crippen molar-refractivity contribution in [2.24, 2.45) is 0 Å². The number of hydrogen-bond acceptors (Lipinski definition) is 11. The lowest BCUT2D eigenvalue weighted by Crippen LogP contribution is -2.37. The fourth-order valence-electron chi connectivity index (χ4n) is 4.43. The van der Waals surface area contributed by atoms with Crippen LogP contribution >= 0.6 is 0 Å². The number of nitrogen functional groups attached to an aromatic ring is 1. The minimum Gasteiger partial charge on any atom is -0.378 e. The molecular weight excluding hydrogens is 486 g/mol. The molecule has 12 nitrogen and oxygen atoms in total. The van der Waals surface area contributed by atoms with Gasteiger partial charge >= 0.3 is 6.09 Å². The zero-order valence-electron chi connectivity index (χ0n) is 20.4. The van der Waals surface area contributed by atoms with Crippen LogP contribution in [0.25, 0.3) is 22.4 Å². The van der Waals surface area contributed by atoms with Crippen LogP contribution in [0.3, 0.4) is 0 Å². The molecule has 3 aromatic heterocycles. The molecule has 0 radical (unpaired) electrons. The van der Waals surface area contributed by atoms with Gasteiger partial charge in [-0.15, -0.1) is 0 Å². The number of carbonyl (C=O) groups is 1. The highest BCUT2D eigenvalue weighted by atomic mass is 16.7. The summed E-state index contributed by atoms with van der Waals surface area (Å²) in [5.74, 6) is 1.25. The number of nitrogens with zero attached hydrogens (tertiary/aromatic N) is 7. The second kappa shape index (κ2) is 10.3. The molecule has 0 unspecified atom stereocenters. The third-order valence-electron chi connectivity index (χ3n) is 6.33. The van der Waals surface area contributed by atoms with Crippen molar-refractivity contribution in [3.8, 4) is 22.4 Å². The monoisotopic (exact) mass is 511 g/mol. The minimum atomic E-state index is -0.615. The largest absolute Gasteiger partial charge is 0.436 e. The summed E-state index contributed by atoms with van der Waals surface area (Å²) in [6.07, 6.45) is 6.77. The standard InChI is InChI=1S/C26H25N9O3/c27-24-29-15-19(16-30-24)22-21-7-9-35(23(21)33-25(32-22)34-10-12-37-13-11-34)38-26(36)31-20-5-3-17(4-6-20)18-2-1-8-28-14-18/h1-6,8,14-16H,7,9-13H2,(H,31,36)(H2,27,29,30). The van der Waals surface area contributed by atoms with E-state index in [1.807, 2.05) is 41.3 Å². The molecule has 0 bridgehead atoms. The van der Waals surface area contributed by atoms with Gasteiger partial charge in [0.1, 0.15) is 0 Å². The van der Waals surface area contributed by atoms with Gasteiger partial charge in [0.05, 0.1) is 25.5 Å². The molecule has 12 heteroatoms. The van der Waals surface area contributed by atoms with E-state index >= 15 is 0 Å². The molecular formula is C26H25N9O3. The van der Waals surface area contributed by atoms with Crippen LogP contribution in [0.5, 0.6) is 0 Å². The average Bonchev–Trinajstić information content (AvgIpc) is 3.36. The number of morpholine rings is 1. The third kappa shape index (κ3) is 4.89. The van der Waals surface area contributed by atoms with E-state index in [0.717, 1.165) is 16.7 Å². The highest BCUT2D eigenvalue weighted by molar-refractivity contribution is 5.86. The molecule has 4 aromatic rings. The average molecular weight is 512 g/mol. The van der Waals surface area contributed by atoms with E-state index in [1.165, 1.54) is 5.06 Å². The second-order valence-electron chi connectivity index (χ2n) is 8.78. The Balaban J connectivity index is 1.23. The lowest BCUT2D eigenvalue weighted by molar-refractivity contribution is 0.122. The number of pyridine rings is 1. The Morgan fingerprint density at radius 3 is 2.47 bits per heavy atom. The van der Waals surface area contributed by atoms with Crippen molar-refractivity contribution in [3.63, 3.8) is 0 Å². The highest BCUT2D eigenvalue weighted by Crippen LogP contribution is 2.35. The van der Waals surface area contributed by atoms with Gasteiger partial charge in [0.2, 0.25) is 11.9 Å². The zero-order chi connectivity index (χ0) is 25.9. The maximum absolute atomic E-state index is 12.8. The molecule has 0 aliphatic carbocycles. The summed E-state index contributed by atoms with van der Waals surface area (Å²) < 4.78 is 5.48. The molecule has 6 rings (SSSR count). The summed E-state index contributed by atoms with van der Waals surface area (Å²) in [4.78, 5) is 42.6. The lowest BCUT2D eigenvalue weighted by atomic mass is 10.1. The van der Waals surface area contributed by atoms with Crippen molar-refractivity contribution in [1.29, 1.82) is 0 Å². The van der Waals surface area contributed by atoms with Crippen LogP contribution in [0.15, 0.2) is 61.2 Å². The summed E-state index contributed by atoms with van der Waals surface area (Å²) >= 11 is 0. The van der Waals surface area contributed by atoms with Crippen LogP contribution in [0.2, 0.25) is 0 Å². The molecule has 1 aromatic carbocycles. The number of aromatic nitrogens is 5. The predicted molar refractivity (Wildman–Crippen MR) is 141 cm³/mol. The molecule has 0 atom stereocenters. The SMILES string of the molecule is Nc1ncc(-c2nc(N3CCOCC3)nc3c2CCN3OC(=O)Nc2ccc(-c3cccnc3)cc2)cn1. The Bertz CT molecular complexity index is 1430. The van der Waals surface area contributed by atoms with Gasteiger partial charge in [-0.3, -0.25) is 10.3 Å². The van der Waals surface area contributed by atoms with Crippen molar-refractivity contribution in [1.82, 2.24) is 24.9 Å². The number of hydrogen-bond donors (Lipinski definition) is 2. The first-order chi connectivity index (χ1) is 18.6. The van der Waals surface area contributed by atoms with E-state index in [2.05, 4.69) is 20.3 Å². The maximum Gasteiger partial charge on any atom is 0.436 e. The summed E-state index contributed by atoms with van der Waals surface area (Å²) in [6, 6.07) is 11.3. The van der Waals surface area contributed by atoms with Crippen molar-refractivity contribution in [2.75, 3.05) is 53.9 Å². The number of rotatable bonds is 5. The lowest BCUT2D eigenvalue weighted by Gasteiger charge is -2.28. The van der Waals surface area contributed by atoms with Gasteiger partial charge in [-0.1, -0.05) is 18.2 Å². The van der Waals surface area contributed by atoms with Crippen LogP contribution in [-0.2, 0) is 16.0 Å². The number of ether oxygens (including phenoxy) is 1. The number of anilines is 4. The van der Waals surface area contributed by atoms with Crippen LogP contribution in [0.1, 0.15) is 5.56 Å². The quantitative estimate of drug-likeness (QED) is 0.408. The normalized spacial score (nSPS) is 14.7. The van der Waals surface area contributed by atoms with Gasteiger partial charge in [-0.25, -0.2) is 19.7 Å². The number of benzene rings is 1. The minimum absolute atomic E-state index is 0.183. The van der Waals surface area contributed by atoms with Gasteiger partial charge < -0.3 is 20.2 Å². The molecule has 1 fully saturated rings. The summed E-state index contributed by atoms with van der Waals surface area (Å²) in [6.45, 7) is 2.93. The number of nitrogens with two attached hydrogens (primary N) is 1. The summed E-state index contributed by atoms with van der Waals surface area (Å²) in [5, 5.41) is 4.29. The van der Waals surface area contributed by atoms with Crippen LogP contribution in [0, 0.1) is 0 Å². The molecule has 0 spiro atoms. The first-order valence-corrected chi connectivity index (χ1v) is 12.2. The number of fused-ring (bicyclic) bond motifs is 1. The summed E-state index contributed by atoms with van der Waals surface area (Å²) in [7, 11) is 0. The topological polar surface area (TPSA) is 145 Å². The second-order valence-corrected chi connectivity index (χ2v) is 8.78. The summed E-state index contributed by atoms with van der Waals surface area (Å²) in [5.41, 5.74) is 10.5. The maximum atomic E-state index is 12.8. The molecule has 192 valence electrons. The predicted octanol–water partition coefficient (Wildman–Crippen LogP) is 2.94. The number of amides is 1. The third-order valence-corrected chi connectivity index (χ3v) is 6.33. The number of nitrogens with one attached hydrogen (secondary N) is 1. The molecule has 2 aliphatic rings.